The van der Waals surface area contributed by atoms with Crippen molar-refractivity contribution in [2.45, 2.75) is 25.3 Å². The fraction of sp³-hybridized carbons (Fsp3) is 0.385. The molecule has 104 valence electrons. The minimum Gasteiger partial charge on any atom is -0.508 e. The number of hydrogen-bond acceptors (Lipinski definition) is 4. The molecule has 0 spiro atoms. The number of aromatic hydroxyl groups is 1. The summed E-state index contributed by atoms with van der Waals surface area (Å²) in [6, 6.07) is 6.04. The minimum absolute atomic E-state index is 0.0550. The third-order valence-electron chi connectivity index (χ3n) is 2.82. The van der Waals surface area contributed by atoms with Gasteiger partial charge in [0.15, 0.2) is 0 Å². The molecule has 19 heavy (non-hydrogen) atoms. The maximum Gasteiger partial charge on any atom is 0.237 e. The van der Waals surface area contributed by atoms with Crippen LogP contribution in [0, 0.1) is 5.41 Å². The van der Waals surface area contributed by atoms with Gasteiger partial charge in [0, 0.05) is 13.0 Å². The van der Waals surface area contributed by atoms with Crippen molar-refractivity contribution in [3.63, 3.8) is 0 Å². The summed E-state index contributed by atoms with van der Waals surface area (Å²) < 4.78 is 0. The Morgan fingerprint density at radius 3 is 2.53 bits per heavy atom. The van der Waals surface area contributed by atoms with Gasteiger partial charge in [-0.05, 0) is 23.6 Å². The largest absolute Gasteiger partial charge is 0.508 e. The van der Waals surface area contributed by atoms with Crippen molar-refractivity contribution in [2.75, 3.05) is 6.54 Å². The van der Waals surface area contributed by atoms with Crippen molar-refractivity contribution in [3.05, 3.63) is 29.8 Å². The molecule has 7 N–H and O–H groups in total. The van der Waals surface area contributed by atoms with Gasteiger partial charge in [-0.1, -0.05) is 19.1 Å². The first-order valence-electron chi connectivity index (χ1n) is 6.05. The summed E-state index contributed by atoms with van der Waals surface area (Å²) in [7, 11) is 0. The molecule has 0 aromatic heterocycles. The molecule has 0 saturated carbocycles. The molecule has 0 fully saturated rings. The Kier molecular flexibility index (Phi) is 5.32. The first-order valence-corrected chi connectivity index (χ1v) is 6.05. The predicted molar refractivity (Wildman–Crippen MR) is 74.0 cm³/mol. The zero-order valence-corrected chi connectivity index (χ0v) is 10.9. The molecule has 6 nitrogen and oxygen atoms in total. The second-order valence-corrected chi connectivity index (χ2v) is 4.57. The van der Waals surface area contributed by atoms with Gasteiger partial charge in [0.25, 0.3) is 0 Å². The van der Waals surface area contributed by atoms with E-state index in [4.69, 9.17) is 16.9 Å². The van der Waals surface area contributed by atoms with E-state index < -0.39 is 6.04 Å². The highest BCUT2D eigenvalue weighted by Gasteiger charge is 2.15. The van der Waals surface area contributed by atoms with Gasteiger partial charge in [0.05, 0.1) is 11.9 Å². The van der Waals surface area contributed by atoms with E-state index in [0.717, 1.165) is 5.56 Å². The summed E-state index contributed by atoms with van der Waals surface area (Å²) in [5.74, 6) is -0.104. The van der Waals surface area contributed by atoms with Crippen LogP contribution in [-0.2, 0) is 4.79 Å². The molecule has 0 heterocycles. The molecule has 1 aromatic carbocycles. The summed E-state index contributed by atoms with van der Waals surface area (Å²) in [6.07, 6.45) is 0.0550. The van der Waals surface area contributed by atoms with E-state index in [-0.39, 0.29) is 29.8 Å². The zero-order chi connectivity index (χ0) is 14.4. The molecule has 0 saturated heterocycles. The lowest BCUT2D eigenvalue weighted by atomic mass is 10.0. The molecule has 1 aromatic rings. The number of carbonyl (C=O) groups is 1. The molecule has 0 aliphatic rings. The fourth-order valence-electron chi connectivity index (χ4n) is 1.64. The summed E-state index contributed by atoms with van der Waals surface area (Å²) in [5, 5.41) is 19.0. The number of phenols is 1. The summed E-state index contributed by atoms with van der Waals surface area (Å²) >= 11 is 0. The Bertz CT molecular complexity index is 444. The molecule has 1 rings (SSSR count). The summed E-state index contributed by atoms with van der Waals surface area (Å²) in [4.78, 5) is 11.6. The number of amides is 1. The number of nitrogens with one attached hydrogen (secondary N) is 2. The number of amidine groups is 1. The van der Waals surface area contributed by atoms with E-state index in [1.807, 2.05) is 19.1 Å². The van der Waals surface area contributed by atoms with Crippen molar-refractivity contribution < 1.29 is 9.90 Å². The highest BCUT2D eigenvalue weighted by Crippen LogP contribution is 2.17. The average molecular weight is 264 g/mol. The average Bonchev–Trinajstić information content (AvgIpc) is 2.35. The molecule has 2 atom stereocenters. The molecular formula is C13H20N4O2. The first-order chi connectivity index (χ1) is 8.90. The number of nitrogens with two attached hydrogens (primary N) is 2. The van der Waals surface area contributed by atoms with Crippen LogP contribution in [0.15, 0.2) is 24.3 Å². The maximum absolute atomic E-state index is 11.6. The Labute approximate surface area is 112 Å². The molecule has 1 unspecified atom stereocenters. The SMILES string of the molecule is CC(CNC(=O)[C@H](N)CC(=N)N)c1ccc(O)cc1. The number of hydrogen-bond donors (Lipinski definition) is 5. The Morgan fingerprint density at radius 2 is 2.00 bits per heavy atom. The van der Waals surface area contributed by atoms with Crippen LogP contribution in [0.25, 0.3) is 0 Å². The number of rotatable bonds is 6. The van der Waals surface area contributed by atoms with E-state index in [0.29, 0.717) is 6.54 Å². The normalized spacial score (nSPS) is 13.6. The molecule has 6 heteroatoms. The highest BCUT2D eigenvalue weighted by atomic mass is 16.3. The smallest absolute Gasteiger partial charge is 0.237 e. The predicted octanol–water partition coefficient (Wildman–Crippen LogP) is 0.265. The molecule has 1 amide bonds. The van der Waals surface area contributed by atoms with E-state index in [2.05, 4.69) is 5.32 Å². The van der Waals surface area contributed by atoms with E-state index in [9.17, 15) is 9.90 Å². The standard InChI is InChI=1S/C13H20N4O2/c1-8(9-2-4-10(18)5-3-9)7-17-13(19)11(14)6-12(15)16/h2-5,8,11,18H,6-7,14H2,1H3,(H3,15,16)(H,17,19)/t8?,11-/m1/s1. The van der Waals surface area contributed by atoms with Gasteiger partial charge >= 0.3 is 0 Å². The first kappa shape index (κ1) is 15.0. The van der Waals surface area contributed by atoms with Gasteiger partial charge in [-0.25, -0.2) is 0 Å². The van der Waals surface area contributed by atoms with Crippen LogP contribution < -0.4 is 16.8 Å². The van der Waals surface area contributed by atoms with Crippen molar-refractivity contribution in [2.24, 2.45) is 11.5 Å². The van der Waals surface area contributed by atoms with E-state index in [1.54, 1.807) is 12.1 Å². The third-order valence-corrected chi connectivity index (χ3v) is 2.82. The van der Waals surface area contributed by atoms with Gasteiger partial charge in [-0.15, -0.1) is 0 Å². The molecule has 0 radical (unpaired) electrons. The lowest BCUT2D eigenvalue weighted by molar-refractivity contribution is -0.122. The number of carbonyl (C=O) groups excluding carboxylic acids is 1. The molecule has 0 bridgehead atoms. The van der Waals surface area contributed by atoms with Gasteiger partial charge in [0.2, 0.25) is 5.91 Å². The molecule has 0 aliphatic carbocycles. The van der Waals surface area contributed by atoms with Crippen molar-refractivity contribution in [1.29, 1.82) is 5.41 Å². The molecule has 0 aliphatic heterocycles. The van der Waals surface area contributed by atoms with Crippen molar-refractivity contribution in [3.8, 4) is 5.75 Å². The second kappa shape index (κ2) is 6.75. The Morgan fingerprint density at radius 1 is 1.42 bits per heavy atom. The topological polar surface area (TPSA) is 125 Å². The van der Waals surface area contributed by atoms with Crippen molar-refractivity contribution >= 4 is 11.7 Å². The van der Waals surface area contributed by atoms with E-state index in [1.165, 1.54) is 0 Å². The quantitative estimate of drug-likeness (QED) is 0.373. The maximum atomic E-state index is 11.6. The third kappa shape index (κ3) is 4.97. The zero-order valence-electron chi connectivity index (χ0n) is 10.9. The Hall–Kier alpha value is -2.08. The second-order valence-electron chi connectivity index (χ2n) is 4.57. The monoisotopic (exact) mass is 264 g/mol. The van der Waals surface area contributed by atoms with Gasteiger partial charge in [0.1, 0.15) is 5.75 Å². The highest BCUT2D eigenvalue weighted by molar-refractivity contribution is 5.88. The van der Waals surface area contributed by atoms with E-state index >= 15 is 0 Å². The van der Waals surface area contributed by atoms with Crippen LogP contribution in [0.1, 0.15) is 24.8 Å². The summed E-state index contributed by atoms with van der Waals surface area (Å²) in [5.41, 5.74) is 11.8. The van der Waals surface area contributed by atoms with Crippen LogP contribution in [0.4, 0.5) is 0 Å². The van der Waals surface area contributed by atoms with Crippen LogP contribution in [0.5, 0.6) is 5.75 Å². The van der Waals surface area contributed by atoms with Crippen molar-refractivity contribution in [1.82, 2.24) is 5.32 Å². The van der Waals surface area contributed by atoms with Crippen LogP contribution >= 0.6 is 0 Å². The summed E-state index contributed by atoms with van der Waals surface area (Å²) in [6.45, 7) is 2.40. The Balaban J connectivity index is 2.45. The van der Waals surface area contributed by atoms with Crippen LogP contribution in [0.2, 0.25) is 0 Å². The molecular weight excluding hydrogens is 244 g/mol. The van der Waals surface area contributed by atoms with Crippen LogP contribution in [0.3, 0.4) is 0 Å². The number of phenolic OH excluding ortho intramolecular Hbond substituents is 1. The van der Waals surface area contributed by atoms with Gasteiger partial charge < -0.3 is 21.9 Å². The lowest BCUT2D eigenvalue weighted by Crippen LogP contribution is -2.43. The fourth-order valence-corrected chi connectivity index (χ4v) is 1.64. The van der Waals surface area contributed by atoms with Gasteiger partial charge in [-0.2, -0.15) is 0 Å². The lowest BCUT2D eigenvalue weighted by Gasteiger charge is -2.16. The minimum atomic E-state index is -0.787. The number of benzene rings is 1. The van der Waals surface area contributed by atoms with Gasteiger partial charge in [-0.3, -0.25) is 10.2 Å². The van der Waals surface area contributed by atoms with Crippen LogP contribution in [-0.4, -0.2) is 29.4 Å².